The SMILES string of the molecule is c1c[nH]c(-c2cnc(CC3CCN(Cc4cscn4)CC3)cn2)n1. The van der Waals surface area contributed by atoms with Crippen molar-refractivity contribution in [1.29, 1.82) is 0 Å². The van der Waals surface area contributed by atoms with E-state index in [1.54, 1.807) is 23.7 Å². The number of thiazole rings is 1. The van der Waals surface area contributed by atoms with E-state index in [2.05, 4.69) is 35.2 Å². The van der Waals surface area contributed by atoms with Crippen LogP contribution < -0.4 is 0 Å². The van der Waals surface area contributed by atoms with Gasteiger partial charge in [-0.3, -0.25) is 9.88 Å². The van der Waals surface area contributed by atoms with Crippen molar-refractivity contribution in [2.75, 3.05) is 13.1 Å². The third-order valence-electron chi connectivity index (χ3n) is 4.52. The largest absolute Gasteiger partial charge is 0.343 e. The highest BCUT2D eigenvalue weighted by molar-refractivity contribution is 7.07. The number of hydrogen-bond donors (Lipinski definition) is 1. The number of nitrogens with one attached hydrogen (secondary N) is 1. The lowest BCUT2D eigenvalue weighted by molar-refractivity contribution is 0.175. The van der Waals surface area contributed by atoms with Crippen molar-refractivity contribution in [3.63, 3.8) is 0 Å². The minimum Gasteiger partial charge on any atom is -0.343 e. The summed E-state index contributed by atoms with van der Waals surface area (Å²) in [6, 6.07) is 0. The number of rotatable bonds is 5. The topological polar surface area (TPSA) is 70.6 Å². The monoisotopic (exact) mass is 340 g/mol. The van der Waals surface area contributed by atoms with Crippen molar-refractivity contribution < 1.29 is 0 Å². The molecule has 0 aliphatic carbocycles. The first kappa shape index (κ1) is 15.4. The highest BCUT2D eigenvalue weighted by atomic mass is 32.1. The zero-order chi connectivity index (χ0) is 16.2. The summed E-state index contributed by atoms with van der Waals surface area (Å²) < 4.78 is 0. The second-order valence-electron chi connectivity index (χ2n) is 6.23. The Bertz CT molecular complexity index is 730. The zero-order valence-electron chi connectivity index (χ0n) is 13.4. The smallest absolute Gasteiger partial charge is 0.157 e. The van der Waals surface area contributed by atoms with Crippen LogP contribution in [0.1, 0.15) is 24.2 Å². The lowest BCUT2D eigenvalue weighted by Gasteiger charge is -2.31. The molecule has 0 unspecified atom stereocenters. The lowest BCUT2D eigenvalue weighted by atomic mass is 9.92. The first-order valence-corrected chi connectivity index (χ1v) is 9.21. The number of aromatic nitrogens is 5. The molecule has 0 atom stereocenters. The van der Waals surface area contributed by atoms with Crippen LogP contribution in [0.2, 0.25) is 0 Å². The van der Waals surface area contributed by atoms with Crippen LogP contribution in [0.3, 0.4) is 0 Å². The summed E-state index contributed by atoms with van der Waals surface area (Å²) >= 11 is 1.67. The van der Waals surface area contributed by atoms with Crippen molar-refractivity contribution in [2.45, 2.75) is 25.8 Å². The molecule has 0 spiro atoms. The van der Waals surface area contributed by atoms with E-state index < -0.39 is 0 Å². The summed E-state index contributed by atoms with van der Waals surface area (Å²) in [6.45, 7) is 3.26. The molecule has 1 saturated heterocycles. The Morgan fingerprint density at radius 3 is 2.67 bits per heavy atom. The Hall–Kier alpha value is -2.12. The van der Waals surface area contributed by atoms with Gasteiger partial charge in [-0.05, 0) is 38.3 Å². The molecule has 0 bridgehead atoms. The fraction of sp³-hybridized carbons (Fsp3) is 0.412. The third-order valence-corrected chi connectivity index (χ3v) is 5.16. The standard InChI is InChI=1S/C17H20N6S/c1-5-23(10-15-11-24-12-22-15)6-2-13(1)7-14-8-21-16(9-20-14)17-18-3-4-19-17/h3-4,8-9,11-13H,1-2,5-7,10H2,(H,18,19). The summed E-state index contributed by atoms with van der Waals surface area (Å²) in [5.41, 5.74) is 4.97. The van der Waals surface area contributed by atoms with Gasteiger partial charge in [-0.25, -0.2) is 15.0 Å². The van der Waals surface area contributed by atoms with Gasteiger partial charge in [0.15, 0.2) is 5.82 Å². The van der Waals surface area contributed by atoms with Crippen molar-refractivity contribution >= 4 is 11.3 Å². The van der Waals surface area contributed by atoms with Crippen LogP contribution in [0, 0.1) is 5.92 Å². The second kappa shape index (κ2) is 7.19. The van der Waals surface area contributed by atoms with Crippen LogP contribution in [0.4, 0.5) is 0 Å². The first-order chi connectivity index (χ1) is 11.9. The summed E-state index contributed by atoms with van der Waals surface area (Å²) in [7, 11) is 0. The predicted octanol–water partition coefficient (Wildman–Crippen LogP) is 2.78. The zero-order valence-corrected chi connectivity index (χ0v) is 14.2. The summed E-state index contributed by atoms with van der Waals surface area (Å²) in [5.74, 6) is 1.46. The van der Waals surface area contributed by atoms with Crippen molar-refractivity contribution in [3.8, 4) is 11.5 Å². The number of likely N-dealkylation sites (tertiary alicyclic amines) is 1. The maximum Gasteiger partial charge on any atom is 0.157 e. The summed E-state index contributed by atoms with van der Waals surface area (Å²) in [6.07, 6.45) is 10.7. The molecule has 3 aromatic heterocycles. The molecular weight excluding hydrogens is 320 g/mol. The summed E-state index contributed by atoms with van der Waals surface area (Å²) in [5, 5.41) is 2.14. The summed E-state index contributed by atoms with van der Waals surface area (Å²) in [4.78, 5) is 23.2. The maximum absolute atomic E-state index is 4.56. The molecule has 4 heterocycles. The highest BCUT2D eigenvalue weighted by Gasteiger charge is 2.20. The minimum absolute atomic E-state index is 0.695. The van der Waals surface area contributed by atoms with Gasteiger partial charge in [0.05, 0.1) is 23.1 Å². The van der Waals surface area contributed by atoms with Crippen LogP contribution >= 0.6 is 11.3 Å². The molecule has 6 nitrogen and oxygen atoms in total. The van der Waals surface area contributed by atoms with Gasteiger partial charge >= 0.3 is 0 Å². The molecule has 24 heavy (non-hydrogen) atoms. The number of imidazole rings is 1. The molecule has 1 aliphatic rings. The van der Waals surface area contributed by atoms with Crippen LogP contribution in [0.25, 0.3) is 11.5 Å². The molecule has 124 valence electrons. The van der Waals surface area contributed by atoms with Gasteiger partial charge in [-0.2, -0.15) is 0 Å². The average Bonchev–Trinajstić information content (AvgIpc) is 3.31. The Kier molecular flexibility index (Phi) is 4.62. The number of aromatic amines is 1. The predicted molar refractivity (Wildman–Crippen MR) is 93.4 cm³/mol. The van der Waals surface area contributed by atoms with Crippen molar-refractivity contribution in [2.24, 2.45) is 5.92 Å². The molecule has 0 amide bonds. The van der Waals surface area contributed by atoms with Crippen LogP contribution in [-0.2, 0) is 13.0 Å². The molecule has 1 N–H and O–H groups in total. The fourth-order valence-corrected chi connectivity index (χ4v) is 3.73. The van der Waals surface area contributed by atoms with Gasteiger partial charge < -0.3 is 4.98 Å². The van der Waals surface area contributed by atoms with E-state index in [1.807, 2.05) is 17.9 Å². The van der Waals surface area contributed by atoms with Gasteiger partial charge in [-0.1, -0.05) is 0 Å². The van der Waals surface area contributed by atoms with Gasteiger partial charge in [0.2, 0.25) is 0 Å². The van der Waals surface area contributed by atoms with E-state index >= 15 is 0 Å². The number of piperidine rings is 1. The number of hydrogen-bond acceptors (Lipinski definition) is 6. The van der Waals surface area contributed by atoms with Crippen LogP contribution in [0.15, 0.2) is 35.7 Å². The molecule has 1 aliphatic heterocycles. The van der Waals surface area contributed by atoms with E-state index in [0.717, 1.165) is 43.3 Å². The number of nitrogens with zero attached hydrogens (tertiary/aromatic N) is 5. The maximum atomic E-state index is 4.56. The molecule has 4 rings (SSSR count). The molecule has 0 saturated carbocycles. The van der Waals surface area contributed by atoms with Crippen LogP contribution in [0.5, 0.6) is 0 Å². The Morgan fingerprint density at radius 1 is 1.08 bits per heavy atom. The van der Waals surface area contributed by atoms with Crippen molar-refractivity contribution in [3.05, 3.63) is 47.1 Å². The van der Waals surface area contributed by atoms with Gasteiger partial charge in [0.1, 0.15) is 5.69 Å². The van der Waals surface area contributed by atoms with Crippen molar-refractivity contribution in [1.82, 2.24) is 29.8 Å². The molecule has 7 heteroatoms. The first-order valence-electron chi connectivity index (χ1n) is 8.27. The van der Waals surface area contributed by atoms with E-state index in [-0.39, 0.29) is 0 Å². The Labute approximate surface area is 145 Å². The van der Waals surface area contributed by atoms with E-state index in [9.17, 15) is 0 Å². The van der Waals surface area contributed by atoms with Gasteiger partial charge in [0, 0.05) is 30.5 Å². The van der Waals surface area contributed by atoms with E-state index in [4.69, 9.17) is 0 Å². The second-order valence-corrected chi connectivity index (χ2v) is 6.95. The Balaban J connectivity index is 1.29. The van der Waals surface area contributed by atoms with Crippen LogP contribution in [-0.4, -0.2) is 42.9 Å². The normalized spacial score (nSPS) is 16.5. The highest BCUT2D eigenvalue weighted by Crippen LogP contribution is 2.22. The quantitative estimate of drug-likeness (QED) is 0.773. The third kappa shape index (κ3) is 3.68. The molecular formula is C17H20N6S. The molecule has 0 aromatic carbocycles. The van der Waals surface area contributed by atoms with E-state index in [0.29, 0.717) is 5.92 Å². The van der Waals surface area contributed by atoms with E-state index in [1.165, 1.54) is 18.5 Å². The average molecular weight is 340 g/mol. The fourth-order valence-electron chi connectivity index (χ4n) is 3.18. The van der Waals surface area contributed by atoms with Gasteiger partial charge in [-0.15, -0.1) is 11.3 Å². The molecule has 0 radical (unpaired) electrons. The van der Waals surface area contributed by atoms with Gasteiger partial charge in [0.25, 0.3) is 0 Å². The number of H-pyrrole nitrogens is 1. The minimum atomic E-state index is 0.695. The lowest BCUT2D eigenvalue weighted by Crippen LogP contribution is -2.34. The molecule has 3 aromatic rings. The Morgan fingerprint density at radius 2 is 2.00 bits per heavy atom. The molecule has 1 fully saturated rings.